The van der Waals surface area contributed by atoms with Gasteiger partial charge in [-0.3, -0.25) is 10.1 Å². The molecule has 0 radical (unpaired) electrons. The lowest BCUT2D eigenvalue weighted by atomic mass is 10.3. The van der Waals surface area contributed by atoms with Gasteiger partial charge in [0.15, 0.2) is 0 Å². The molecule has 1 aliphatic carbocycles. The van der Waals surface area contributed by atoms with E-state index in [1.165, 1.54) is 19.8 Å². The number of amides is 1. The molecule has 4 heteroatoms. The summed E-state index contributed by atoms with van der Waals surface area (Å²) < 4.78 is 13.0. The molecule has 1 saturated carbocycles. The topological polar surface area (TPSA) is 32.3 Å². The molecule has 2 atom stereocenters. The number of carbonyl (C=O) groups is 1. The molecule has 0 aromatic carbocycles. The SMILES string of the molecule is CC(=O)N1CC(F)CC1NC1CC1. The zero-order valence-corrected chi connectivity index (χ0v) is 7.79. The van der Waals surface area contributed by atoms with Crippen molar-refractivity contribution in [1.29, 1.82) is 0 Å². The summed E-state index contributed by atoms with van der Waals surface area (Å²) in [6.07, 6.45) is 1.88. The molecular formula is C9H15FN2O. The summed E-state index contributed by atoms with van der Waals surface area (Å²) in [5.74, 6) is -0.0294. The Labute approximate surface area is 77.3 Å². The molecule has 1 saturated heterocycles. The molecule has 2 aliphatic rings. The molecule has 1 N–H and O–H groups in total. The van der Waals surface area contributed by atoms with E-state index in [1.54, 1.807) is 4.90 Å². The van der Waals surface area contributed by atoms with E-state index < -0.39 is 6.17 Å². The van der Waals surface area contributed by atoms with Crippen LogP contribution in [0.4, 0.5) is 4.39 Å². The van der Waals surface area contributed by atoms with E-state index in [-0.39, 0.29) is 18.6 Å². The van der Waals surface area contributed by atoms with Gasteiger partial charge in [-0.05, 0) is 12.8 Å². The summed E-state index contributed by atoms with van der Waals surface area (Å²) in [4.78, 5) is 12.7. The minimum atomic E-state index is -0.847. The number of likely N-dealkylation sites (tertiary alicyclic amines) is 1. The van der Waals surface area contributed by atoms with Crippen LogP contribution >= 0.6 is 0 Å². The van der Waals surface area contributed by atoms with Crippen molar-refractivity contribution < 1.29 is 9.18 Å². The number of rotatable bonds is 2. The van der Waals surface area contributed by atoms with Gasteiger partial charge in [0.05, 0.1) is 12.7 Å². The van der Waals surface area contributed by atoms with Crippen molar-refractivity contribution in [3.05, 3.63) is 0 Å². The Balaban J connectivity index is 1.93. The standard InChI is InChI=1S/C9H15FN2O/c1-6(13)12-5-7(10)4-9(12)11-8-2-3-8/h7-9,11H,2-5H2,1H3. The molecular weight excluding hydrogens is 171 g/mol. The lowest BCUT2D eigenvalue weighted by Crippen LogP contribution is -2.44. The fourth-order valence-electron chi connectivity index (χ4n) is 1.81. The molecule has 0 aromatic rings. The zero-order chi connectivity index (χ0) is 9.42. The Morgan fingerprint density at radius 2 is 2.23 bits per heavy atom. The van der Waals surface area contributed by atoms with E-state index in [1.807, 2.05) is 0 Å². The molecule has 1 heterocycles. The van der Waals surface area contributed by atoms with Crippen LogP contribution in [0, 0.1) is 0 Å². The average molecular weight is 186 g/mol. The van der Waals surface area contributed by atoms with Gasteiger partial charge in [-0.1, -0.05) is 0 Å². The molecule has 2 unspecified atom stereocenters. The Hall–Kier alpha value is -0.640. The molecule has 0 bridgehead atoms. The summed E-state index contributed by atoms with van der Waals surface area (Å²) in [5.41, 5.74) is 0. The monoisotopic (exact) mass is 186 g/mol. The first-order chi connectivity index (χ1) is 6.16. The minimum Gasteiger partial charge on any atom is -0.324 e. The van der Waals surface area contributed by atoms with Gasteiger partial charge in [0, 0.05) is 19.4 Å². The van der Waals surface area contributed by atoms with Gasteiger partial charge in [0.2, 0.25) is 5.91 Å². The number of carbonyl (C=O) groups excluding carboxylic acids is 1. The highest BCUT2D eigenvalue weighted by Crippen LogP contribution is 2.25. The van der Waals surface area contributed by atoms with E-state index in [2.05, 4.69) is 5.32 Å². The van der Waals surface area contributed by atoms with E-state index in [9.17, 15) is 9.18 Å². The Morgan fingerprint density at radius 3 is 2.77 bits per heavy atom. The lowest BCUT2D eigenvalue weighted by molar-refractivity contribution is -0.130. The van der Waals surface area contributed by atoms with E-state index in [0.29, 0.717) is 12.5 Å². The Kier molecular flexibility index (Phi) is 2.24. The fourth-order valence-corrected chi connectivity index (χ4v) is 1.81. The van der Waals surface area contributed by atoms with Crippen LogP contribution in [-0.4, -0.2) is 35.7 Å². The van der Waals surface area contributed by atoms with Crippen LogP contribution in [0.2, 0.25) is 0 Å². The van der Waals surface area contributed by atoms with Crippen molar-refractivity contribution in [3.63, 3.8) is 0 Å². The lowest BCUT2D eigenvalue weighted by Gasteiger charge is -2.23. The third-order valence-corrected chi connectivity index (χ3v) is 2.66. The number of nitrogens with zero attached hydrogens (tertiary/aromatic N) is 1. The van der Waals surface area contributed by atoms with Gasteiger partial charge in [-0.15, -0.1) is 0 Å². The normalized spacial score (nSPS) is 33.8. The zero-order valence-electron chi connectivity index (χ0n) is 7.79. The summed E-state index contributed by atoms with van der Waals surface area (Å²) in [6.45, 7) is 1.76. The maximum Gasteiger partial charge on any atom is 0.220 e. The summed E-state index contributed by atoms with van der Waals surface area (Å²) in [7, 11) is 0. The molecule has 1 amide bonds. The largest absolute Gasteiger partial charge is 0.324 e. The third-order valence-electron chi connectivity index (χ3n) is 2.66. The van der Waals surface area contributed by atoms with Crippen molar-refractivity contribution >= 4 is 5.91 Å². The van der Waals surface area contributed by atoms with Crippen molar-refractivity contribution in [2.45, 2.75) is 44.6 Å². The van der Waals surface area contributed by atoms with Crippen molar-refractivity contribution in [2.75, 3.05) is 6.54 Å². The maximum atomic E-state index is 13.0. The molecule has 0 aromatic heterocycles. The van der Waals surface area contributed by atoms with Crippen molar-refractivity contribution in [2.24, 2.45) is 0 Å². The van der Waals surface area contributed by atoms with Gasteiger partial charge in [-0.2, -0.15) is 0 Å². The second-order valence-electron chi connectivity index (χ2n) is 3.96. The van der Waals surface area contributed by atoms with Gasteiger partial charge in [0.25, 0.3) is 0 Å². The Bertz CT molecular complexity index is 218. The van der Waals surface area contributed by atoms with Gasteiger partial charge >= 0.3 is 0 Å². The average Bonchev–Trinajstić information content (AvgIpc) is 2.75. The number of hydrogen-bond donors (Lipinski definition) is 1. The molecule has 2 rings (SSSR count). The third kappa shape index (κ3) is 1.99. The van der Waals surface area contributed by atoms with Crippen LogP contribution in [-0.2, 0) is 4.79 Å². The van der Waals surface area contributed by atoms with E-state index in [0.717, 1.165) is 0 Å². The Morgan fingerprint density at radius 1 is 1.54 bits per heavy atom. The van der Waals surface area contributed by atoms with E-state index >= 15 is 0 Å². The van der Waals surface area contributed by atoms with Crippen molar-refractivity contribution in [1.82, 2.24) is 10.2 Å². The second kappa shape index (κ2) is 3.25. The molecule has 13 heavy (non-hydrogen) atoms. The fraction of sp³-hybridized carbons (Fsp3) is 0.889. The first-order valence-electron chi connectivity index (χ1n) is 4.84. The van der Waals surface area contributed by atoms with Crippen LogP contribution in [0.25, 0.3) is 0 Å². The minimum absolute atomic E-state index is 0.0294. The van der Waals surface area contributed by atoms with Crippen LogP contribution in [0.3, 0.4) is 0 Å². The van der Waals surface area contributed by atoms with Crippen LogP contribution in [0.1, 0.15) is 26.2 Å². The first-order valence-corrected chi connectivity index (χ1v) is 4.84. The smallest absolute Gasteiger partial charge is 0.220 e. The molecule has 0 spiro atoms. The molecule has 74 valence electrons. The van der Waals surface area contributed by atoms with Crippen LogP contribution < -0.4 is 5.32 Å². The first kappa shape index (κ1) is 8.94. The van der Waals surface area contributed by atoms with Crippen molar-refractivity contribution in [3.8, 4) is 0 Å². The predicted octanol–water partition coefficient (Wildman–Crippen LogP) is 0.655. The number of hydrogen-bond acceptors (Lipinski definition) is 2. The second-order valence-corrected chi connectivity index (χ2v) is 3.96. The quantitative estimate of drug-likeness (QED) is 0.687. The molecule has 3 nitrogen and oxygen atoms in total. The number of nitrogens with one attached hydrogen (secondary N) is 1. The predicted molar refractivity (Wildman–Crippen MR) is 46.8 cm³/mol. The number of halogens is 1. The van der Waals surface area contributed by atoms with Gasteiger partial charge in [0.1, 0.15) is 6.17 Å². The van der Waals surface area contributed by atoms with Gasteiger partial charge < -0.3 is 4.90 Å². The van der Waals surface area contributed by atoms with E-state index in [4.69, 9.17) is 0 Å². The summed E-state index contributed by atoms with van der Waals surface area (Å²) in [5, 5.41) is 3.28. The molecule has 2 fully saturated rings. The van der Waals surface area contributed by atoms with Gasteiger partial charge in [-0.25, -0.2) is 4.39 Å². The highest BCUT2D eigenvalue weighted by Gasteiger charge is 2.36. The number of alkyl halides is 1. The summed E-state index contributed by atoms with van der Waals surface area (Å²) >= 11 is 0. The van der Waals surface area contributed by atoms with Crippen LogP contribution in [0.5, 0.6) is 0 Å². The van der Waals surface area contributed by atoms with Crippen LogP contribution in [0.15, 0.2) is 0 Å². The summed E-state index contributed by atoms with van der Waals surface area (Å²) in [6, 6.07) is 0.525. The highest BCUT2D eigenvalue weighted by atomic mass is 19.1. The highest BCUT2D eigenvalue weighted by molar-refractivity contribution is 5.74. The maximum absolute atomic E-state index is 13.0. The molecule has 1 aliphatic heterocycles.